The van der Waals surface area contributed by atoms with Crippen molar-refractivity contribution in [3.8, 4) is 0 Å². The first-order chi connectivity index (χ1) is 5.68. The molecule has 0 aliphatic heterocycles. The maximum absolute atomic E-state index is 11.1. The summed E-state index contributed by atoms with van der Waals surface area (Å²) < 4.78 is 5.83. The Kier molecular flexibility index (Phi) is 1.54. The van der Waals surface area contributed by atoms with Gasteiger partial charge in [-0.05, 0) is 15.9 Å². The highest BCUT2D eigenvalue weighted by atomic mass is 79.9. The van der Waals surface area contributed by atoms with Gasteiger partial charge in [0, 0.05) is 13.1 Å². The van der Waals surface area contributed by atoms with Gasteiger partial charge in [-0.15, -0.1) is 0 Å². The predicted octanol–water partition coefficient (Wildman–Crippen LogP) is 1.59. The van der Waals surface area contributed by atoms with Crippen LogP contribution in [0.3, 0.4) is 0 Å². The quantitative estimate of drug-likeness (QED) is 0.746. The molecule has 0 spiro atoms. The fraction of sp³-hybridized carbons (Fsp3) is 0.143. The second kappa shape index (κ2) is 2.45. The molecule has 0 aliphatic carbocycles. The Balaban J connectivity index is 3.03. The molecule has 0 bridgehead atoms. The summed E-state index contributed by atoms with van der Waals surface area (Å²) in [6.07, 6.45) is 1.55. The number of nitrogens with zero attached hydrogens (tertiary/aromatic N) is 1. The summed E-state index contributed by atoms with van der Waals surface area (Å²) in [4.78, 5) is 17.7. The van der Waals surface area contributed by atoms with Crippen LogP contribution in [0, 0.1) is 6.92 Å². The van der Waals surface area contributed by atoms with Crippen LogP contribution in [0.25, 0.3) is 11.1 Å². The lowest BCUT2D eigenvalue weighted by Crippen LogP contribution is -2.03. The van der Waals surface area contributed by atoms with Crippen molar-refractivity contribution in [1.29, 1.82) is 0 Å². The molecule has 5 heteroatoms. The number of H-pyrrole nitrogens is 1. The summed E-state index contributed by atoms with van der Waals surface area (Å²) in [6.45, 7) is 1.70. The van der Waals surface area contributed by atoms with Crippen LogP contribution in [0.5, 0.6) is 0 Å². The van der Waals surface area contributed by atoms with Crippen LogP contribution in [0.2, 0.25) is 0 Å². The monoisotopic (exact) mass is 228 g/mol. The van der Waals surface area contributed by atoms with E-state index < -0.39 is 0 Å². The Labute approximate surface area is 75.7 Å². The highest BCUT2D eigenvalue weighted by Gasteiger charge is 2.08. The molecule has 0 atom stereocenters. The first-order valence-corrected chi connectivity index (χ1v) is 4.12. The molecule has 2 aromatic heterocycles. The standard InChI is InChI=1S/C7H5BrN2O2/c1-3-10-5-4(8)2-9-7(11)6(5)12-3/h2H,1H3,(H,9,11). The number of fused-ring (bicyclic) bond motifs is 1. The molecule has 0 saturated carbocycles. The average Bonchev–Trinajstić information content (AvgIpc) is 2.41. The van der Waals surface area contributed by atoms with E-state index in [1.807, 2.05) is 0 Å². The van der Waals surface area contributed by atoms with Crippen LogP contribution >= 0.6 is 15.9 Å². The van der Waals surface area contributed by atoms with E-state index in [1.165, 1.54) is 0 Å². The molecule has 1 N–H and O–H groups in total. The minimum Gasteiger partial charge on any atom is -0.435 e. The molecule has 0 fully saturated rings. The molecule has 12 heavy (non-hydrogen) atoms. The van der Waals surface area contributed by atoms with Crippen LogP contribution in [0.4, 0.5) is 0 Å². The van der Waals surface area contributed by atoms with Crippen LogP contribution in [-0.4, -0.2) is 9.97 Å². The molecule has 0 amide bonds. The largest absolute Gasteiger partial charge is 0.435 e. The fourth-order valence-electron chi connectivity index (χ4n) is 1.01. The van der Waals surface area contributed by atoms with Crippen LogP contribution in [-0.2, 0) is 0 Å². The second-order valence-electron chi connectivity index (χ2n) is 2.38. The number of oxazole rings is 1. The number of hydrogen-bond acceptors (Lipinski definition) is 3. The van der Waals surface area contributed by atoms with Crippen LogP contribution < -0.4 is 5.56 Å². The number of hydrogen-bond donors (Lipinski definition) is 1. The van der Waals surface area contributed by atoms with Crippen LogP contribution in [0.15, 0.2) is 19.9 Å². The summed E-state index contributed by atoms with van der Waals surface area (Å²) in [5.74, 6) is 0.488. The highest BCUT2D eigenvalue weighted by molar-refractivity contribution is 9.10. The van der Waals surface area contributed by atoms with Crippen molar-refractivity contribution in [3.05, 3.63) is 26.9 Å². The lowest BCUT2D eigenvalue weighted by molar-refractivity contribution is 0.557. The molecule has 2 rings (SSSR count). The number of rotatable bonds is 0. The molecular weight excluding hydrogens is 224 g/mol. The van der Waals surface area contributed by atoms with Gasteiger partial charge in [-0.25, -0.2) is 4.98 Å². The molecule has 2 heterocycles. The molecule has 62 valence electrons. The zero-order chi connectivity index (χ0) is 8.72. The first kappa shape index (κ1) is 7.54. The minimum atomic E-state index is -0.256. The average molecular weight is 229 g/mol. The Morgan fingerprint density at radius 1 is 1.67 bits per heavy atom. The third kappa shape index (κ3) is 0.972. The predicted molar refractivity (Wildman–Crippen MR) is 47.1 cm³/mol. The van der Waals surface area contributed by atoms with E-state index in [9.17, 15) is 4.79 Å². The molecule has 0 unspecified atom stereocenters. The number of aromatic nitrogens is 2. The smallest absolute Gasteiger partial charge is 0.293 e. The van der Waals surface area contributed by atoms with Crippen molar-refractivity contribution in [1.82, 2.24) is 9.97 Å². The van der Waals surface area contributed by atoms with Crippen LogP contribution in [0.1, 0.15) is 5.89 Å². The Hall–Kier alpha value is -1.10. The molecule has 0 radical (unpaired) electrons. The molecule has 0 aromatic carbocycles. The van der Waals surface area contributed by atoms with Gasteiger partial charge in [0.15, 0.2) is 5.89 Å². The van der Waals surface area contributed by atoms with E-state index in [-0.39, 0.29) is 11.1 Å². The van der Waals surface area contributed by atoms with Gasteiger partial charge in [0.05, 0.1) is 4.47 Å². The SMILES string of the molecule is Cc1nc2c(Br)c[nH]c(=O)c2o1. The normalized spacial score (nSPS) is 10.8. The van der Waals surface area contributed by atoms with Crippen molar-refractivity contribution in [2.24, 2.45) is 0 Å². The van der Waals surface area contributed by atoms with Gasteiger partial charge in [-0.2, -0.15) is 0 Å². The van der Waals surface area contributed by atoms with Crippen molar-refractivity contribution < 1.29 is 4.42 Å². The Morgan fingerprint density at radius 2 is 2.42 bits per heavy atom. The minimum absolute atomic E-state index is 0.256. The number of nitrogens with one attached hydrogen (secondary N) is 1. The lowest BCUT2D eigenvalue weighted by Gasteiger charge is -1.87. The Bertz CT molecular complexity index is 486. The molecule has 0 saturated heterocycles. The van der Waals surface area contributed by atoms with Gasteiger partial charge >= 0.3 is 0 Å². The van der Waals surface area contributed by atoms with Crippen molar-refractivity contribution in [3.63, 3.8) is 0 Å². The maximum atomic E-state index is 11.1. The van der Waals surface area contributed by atoms with Gasteiger partial charge in [0.25, 0.3) is 5.56 Å². The third-order valence-corrected chi connectivity index (χ3v) is 2.10. The highest BCUT2D eigenvalue weighted by Crippen LogP contribution is 2.19. The summed E-state index contributed by atoms with van der Waals surface area (Å²) in [5, 5.41) is 0. The van der Waals surface area contributed by atoms with Gasteiger partial charge in [0.2, 0.25) is 5.58 Å². The van der Waals surface area contributed by atoms with E-state index in [2.05, 4.69) is 25.9 Å². The second-order valence-corrected chi connectivity index (χ2v) is 3.23. The van der Waals surface area contributed by atoms with Crippen molar-refractivity contribution in [2.45, 2.75) is 6.92 Å². The van der Waals surface area contributed by atoms with Crippen molar-refractivity contribution >= 4 is 27.0 Å². The summed E-state index contributed by atoms with van der Waals surface area (Å²) >= 11 is 3.25. The van der Waals surface area contributed by atoms with E-state index in [1.54, 1.807) is 13.1 Å². The zero-order valence-corrected chi connectivity index (χ0v) is 7.81. The van der Waals surface area contributed by atoms with Crippen molar-refractivity contribution in [2.75, 3.05) is 0 Å². The first-order valence-electron chi connectivity index (χ1n) is 3.33. The zero-order valence-electron chi connectivity index (χ0n) is 6.22. The molecule has 0 aliphatic rings. The maximum Gasteiger partial charge on any atom is 0.293 e. The van der Waals surface area contributed by atoms with Gasteiger partial charge in [-0.1, -0.05) is 0 Å². The van der Waals surface area contributed by atoms with E-state index >= 15 is 0 Å². The topological polar surface area (TPSA) is 58.9 Å². The fourth-order valence-corrected chi connectivity index (χ4v) is 1.39. The molecular formula is C7H5BrN2O2. The Morgan fingerprint density at radius 3 is 3.08 bits per heavy atom. The number of halogens is 1. The number of aromatic amines is 1. The third-order valence-electron chi connectivity index (χ3n) is 1.50. The summed E-state index contributed by atoms with van der Waals surface area (Å²) in [5.41, 5.74) is 0.576. The lowest BCUT2D eigenvalue weighted by atomic mass is 10.4. The van der Waals surface area contributed by atoms with Gasteiger partial charge in [-0.3, -0.25) is 4.79 Å². The van der Waals surface area contributed by atoms with E-state index in [0.717, 1.165) is 4.47 Å². The van der Waals surface area contributed by atoms with Gasteiger partial charge < -0.3 is 9.40 Å². The van der Waals surface area contributed by atoms with E-state index in [0.29, 0.717) is 11.4 Å². The summed E-state index contributed by atoms with van der Waals surface area (Å²) in [6, 6.07) is 0. The van der Waals surface area contributed by atoms with E-state index in [4.69, 9.17) is 4.42 Å². The van der Waals surface area contributed by atoms with Gasteiger partial charge in [0.1, 0.15) is 5.52 Å². The number of aryl methyl sites for hydroxylation is 1. The molecule has 2 aromatic rings. The molecule has 4 nitrogen and oxygen atoms in total. The summed E-state index contributed by atoms with van der Waals surface area (Å²) in [7, 11) is 0. The number of pyridine rings is 1.